The minimum Gasteiger partial charge on any atom is -0.496 e. The molecule has 24 heavy (non-hydrogen) atoms. The average Bonchev–Trinajstić information content (AvgIpc) is 2.58. The van der Waals surface area contributed by atoms with Crippen molar-refractivity contribution in [3.63, 3.8) is 0 Å². The second kappa shape index (κ2) is 8.35. The standard InChI is InChI=1S/C17H17BrN2O4/c1-11-9-12(18)7-8-14(11)24-10-16(21)19-20-17(22)13-5-3-4-6-15(13)23-2/h3-9H,10H2,1-2H3,(H,19,21)(H,20,22). The molecule has 0 heterocycles. The number of para-hydroxylation sites is 1. The molecule has 7 heteroatoms. The second-order valence-corrected chi connectivity index (χ2v) is 5.82. The van der Waals surface area contributed by atoms with E-state index in [-0.39, 0.29) is 6.61 Å². The van der Waals surface area contributed by atoms with Crippen LogP contribution in [-0.4, -0.2) is 25.5 Å². The fraction of sp³-hybridized carbons (Fsp3) is 0.176. The molecular weight excluding hydrogens is 376 g/mol. The number of ether oxygens (including phenoxy) is 2. The lowest BCUT2D eigenvalue weighted by Crippen LogP contribution is -2.43. The van der Waals surface area contributed by atoms with E-state index in [2.05, 4.69) is 26.8 Å². The number of hydrogen-bond acceptors (Lipinski definition) is 4. The Morgan fingerprint density at radius 3 is 2.54 bits per heavy atom. The summed E-state index contributed by atoms with van der Waals surface area (Å²) in [6.07, 6.45) is 0. The summed E-state index contributed by atoms with van der Waals surface area (Å²) in [5.74, 6) is 0.0802. The summed E-state index contributed by atoms with van der Waals surface area (Å²) in [4.78, 5) is 23.8. The first-order chi connectivity index (χ1) is 11.5. The van der Waals surface area contributed by atoms with Gasteiger partial charge in [0.2, 0.25) is 0 Å². The van der Waals surface area contributed by atoms with Crippen LogP contribution in [0.1, 0.15) is 15.9 Å². The number of hydrogen-bond donors (Lipinski definition) is 2. The number of rotatable bonds is 5. The number of benzene rings is 2. The normalized spacial score (nSPS) is 9.96. The second-order valence-electron chi connectivity index (χ2n) is 4.90. The fourth-order valence-corrected chi connectivity index (χ4v) is 2.46. The lowest BCUT2D eigenvalue weighted by molar-refractivity contribution is -0.123. The molecule has 0 spiro atoms. The van der Waals surface area contributed by atoms with E-state index < -0.39 is 11.8 Å². The fourth-order valence-electron chi connectivity index (χ4n) is 1.98. The van der Waals surface area contributed by atoms with Gasteiger partial charge in [-0.25, -0.2) is 0 Å². The molecule has 6 nitrogen and oxygen atoms in total. The first-order valence-electron chi connectivity index (χ1n) is 7.12. The van der Waals surface area contributed by atoms with Gasteiger partial charge in [0.05, 0.1) is 12.7 Å². The minimum atomic E-state index is -0.472. The first kappa shape index (κ1) is 17.8. The summed E-state index contributed by atoms with van der Waals surface area (Å²) >= 11 is 3.36. The monoisotopic (exact) mass is 392 g/mol. The number of hydrazine groups is 1. The van der Waals surface area contributed by atoms with Gasteiger partial charge >= 0.3 is 0 Å². The van der Waals surface area contributed by atoms with Crippen molar-refractivity contribution in [3.05, 3.63) is 58.1 Å². The number of methoxy groups -OCH3 is 1. The van der Waals surface area contributed by atoms with Crippen LogP contribution in [0.4, 0.5) is 0 Å². The van der Waals surface area contributed by atoms with Crippen LogP contribution in [0.15, 0.2) is 46.9 Å². The molecule has 0 unspecified atom stereocenters. The Morgan fingerprint density at radius 2 is 1.83 bits per heavy atom. The van der Waals surface area contributed by atoms with Crippen molar-refractivity contribution in [2.75, 3.05) is 13.7 Å². The van der Waals surface area contributed by atoms with Gasteiger partial charge in [0.1, 0.15) is 11.5 Å². The van der Waals surface area contributed by atoms with Crippen molar-refractivity contribution in [1.82, 2.24) is 10.9 Å². The summed E-state index contributed by atoms with van der Waals surface area (Å²) in [7, 11) is 1.47. The van der Waals surface area contributed by atoms with Crippen LogP contribution in [0.25, 0.3) is 0 Å². The number of carbonyl (C=O) groups excluding carboxylic acids is 2. The molecule has 0 aliphatic carbocycles. The molecule has 2 aromatic rings. The summed E-state index contributed by atoms with van der Waals surface area (Å²) in [6.45, 7) is 1.66. The van der Waals surface area contributed by atoms with Gasteiger partial charge in [-0.15, -0.1) is 0 Å². The van der Waals surface area contributed by atoms with E-state index in [4.69, 9.17) is 9.47 Å². The Labute approximate surface area is 148 Å². The highest BCUT2D eigenvalue weighted by Crippen LogP contribution is 2.22. The summed E-state index contributed by atoms with van der Waals surface area (Å²) < 4.78 is 11.5. The predicted molar refractivity (Wildman–Crippen MR) is 93.0 cm³/mol. The quantitative estimate of drug-likeness (QED) is 0.766. The molecule has 2 aromatic carbocycles. The lowest BCUT2D eigenvalue weighted by atomic mass is 10.2. The zero-order valence-electron chi connectivity index (χ0n) is 13.3. The number of nitrogens with one attached hydrogen (secondary N) is 2. The highest BCUT2D eigenvalue weighted by Gasteiger charge is 2.12. The largest absolute Gasteiger partial charge is 0.496 e. The maximum atomic E-state index is 12.0. The number of carbonyl (C=O) groups is 2. The highest BCUT2D eigenvalue weighted by molar-refractivity contribution is 9.10. The van der Waals surface area contributed by atoms with Crippen LogP contribution in [0.3, 0.4) is 0 Å². The van der Waals surface area contributed by atoms with E-state index in [1.165, 1.54) is 7.11 Å². The van der Waals surface area contributed by atoms with E-state index in [0.717, 1.165) is 10.0 Å². The van der Waals surface area contributed by atoms with E-state index in [9.17, 15) is 9.59 Å². The minimum absolute atomic E-state index is 0.214. The molecule has 0 aliphatic rings. The van der Waals surface area contributed by atoms with Crippen LogP contribution in [-0.2, 0) is 4.79 Å². The van der Waals surface area contributed by atoms with Crippen molar-refractivity contribution in [2.45, 2.75) is 6.92 Å². The molecule has 0 saturated carbocycles. The predicted octanol–water partition coefficient (Wildman–Crippen LogP) is 2.61. The highest BCUT2D eigenvalue weighted by atomic mass is 79.9. The molecule has 0 bridgehead atoms. The van der Waals surface area contributed by atoms with E-state index in [1.807, 2.05) is 19.1 Å². The smallest absolute Gasteiger partial charge is 0.276 e. The zero-order chi connectivity index (χ0) is 17.5. The molecular formula is C17H17BrN2O4. The summed E-state index contributed by atoms with van der Waals surface area (Å²) in [6, 6.07) is 12.2. The van der Waals surface area contributed by atoms with Crippen LogP contribution >= 0.6 is 15.9 Å². The Balaban J connectivity index is 1.85. The Hall–Kier alpha value is -2.54. The molecule has 126 valence electrons. The van der Waals surface area contributed by atoms with Crippen LogP contribution in [0, 0.1) is 6.92 Å². The molecule has 2 rings (SSSR count). The van der Waals surface area contributed by atoms with E-state index in [1.54, 1.807) is 30.3 Å². The molecule has 0 radical (unpaired) electrons. The van der Waals surface area contributed by atoms with Crippen molar-refractivity contribution in [2.24, 2.45) is 0 Å². The molecule has 2 amide bonds. The van der Waals surface area contributed by atoms with Crippen LogP contribution in [0.2, 0.25) is 0 Å². The third-order valence-electron chi connectivity index (χ3n) is 3.16. The SMILES string of the molecule is COc1ccccc1C(=O)NNC(=O)COc1ccc(Br)cc1C. The van der Waals surface area contributed by atoms with E-state index in [0.29, 0.717) is 17.1 Å². The molecule has 0 fully saturated rings. The summed E-state index contributed by atoms with van der Waals surface area (Å²) in [5, 5.41) is 0. The molecule has 0 atom stereocenters. The van der Waals surface area contributed by atoms with Gasteiger partial charge in [-0.3, -0.25) is 20.4 Å². The third-order valence-corrected chi connectivity index (χ3v) is 3.66. The molecule has 0 saturated heterocycles. The molecule has 0 aromatic heterocycles. The van der Waals surface area contributed by atoms with Gasteiger partial charge in [-0.05, 0) is 42.8 Å². The van der Waals surface area contributed by atoms with Gasteiger partial charge in [-0.1, -0.05) is 28.1 Å². The maximum Gasteiger partial charge on any atom is 0.276 e. The van der Waals surface area contributed by atoms with Crippen molar-refractivity contribution in [3.8, 4) is 11.5 Å². The summed E-state index contributed by atoms with van der Waals surface area (Å²) in [5.41, 5.74) is 5.85. The Kier molecular flexibility index (Phi) is 6.20. The zero-order valence-corrected chi connectivity index (χ0v) is 14.8. The van der Waals surface area contributed by atoms with Crippen LogP contribution in [0.5, 0.6) is 11.5 Å². The van der Waals surface area contributed by atoms with Gasteiger partial charge in [0, 0.05) is 4.47 Å². The van der Waals surface area contributed by atoms with Gasteiger partial charge in [0.15, 0.2) is 6.61 Å². The molecule has 2 N–H and O–H groups in total. The number of amides is 2. The van der Waals surface area contributed by atoms with Crippen LogP contribution < -0.4 is 20.3 Å². The first-order valence-corrected chi connectivity index (χ1v) is 7.91. The van der Waals surface area contributed by atoms with Gasteiger partial charge < -0.3 is 9.47 Å². The van der Waals surface area contributed by atoms with E-state index >= 15 is 0 Å². The van der Waals surface area contributed by atoms with Crippen molar-refractivity contribution < 1.29 is 19.1 Å². The van der Waals surface area contributed by atoms with Crippen molar-refractivity contribution in [1.29, 1.82) is 0 Å². The third kappa shape index (κ3) is 4.73. The Bertz CT molecular complexity index is 749. The maximum absolute atomic E-state index is 12.0. The molecule has 0 aliphatic heterocycles. The topological polar surface area (TPSA) is 76.7 Å². The Morgan fingerprint density at radius 1 is 1.08 bits per heavy atom. The van der Waals surface area contributed by atoms with Gasteiger partial charge in [-0.2, -0.15) is 0 Å². The number of halogens is 1. The van der Waals surface area contributed by atoms with Gasteiger partial charge in [0.25, 0.3) is 11.8 Å². The van der Waals surface area contributed by atoms with Crippen molar-refractivity contribution >= 4 is 27.7 Å². The average molecular weight is 393 g/mol. The number of aryl methyl sites for hydroxylation is 1. The lowest BCUT2D eigenvalue weighted by Gasteiger charge is -2.11.